The molecule has 3 N–H and O–H groups in total. The number of benzene rings is 1. The van der Waals surface area contributed by atoms with Crippen LogP contribution in [0.25, 0.3) is 11.0 Å². The Morgan fingerprint density at radius 1 is 1.06 bits per heavy atom. The van der Waals surface area contributed by atoms with Gasteiger partial charge in [0.1, 0.15) is 0 Å². The SMILES string of the molecule is CCCCCNc1ccc2[nH]c(=O)c(=O)[nH]c2c1. The highest BCUT2D eigenvalue weighted by Gasteiger charge is 2.00. The van der Waals surface area contributed by atoms with Crippen LogP contribution in [0.15, 0.2) is 27.8 Å². The number of nitrogens with one attached hydrogen (secondary N) is 3. The second-order valence-corrected chi connectivity index (χ2v) is 4.30. The van der Waals surface area contributed by atoms with E-state index in [9.17, 15) is 9.59 Å². The van der Waals surface area contributed by atoms with Crippen LogP contribution in [0.2, 0.25) is 0 Å². The van der Waals surface area contributed by atoms with Crippen molar-refractivity contribution in [3.8, 4) is 0 Å². The topological polar surface area (TPSA) is 77.8 Å². The molecule has 0 aliphatic heterocycles. The number of aromatic amines is 2. The quantitative estimate of drug-likeness (QED) is 0.557. The van der Waals surface area contributed by atoms with Crippen LogP contribution in [-0.4, -0.2) is 16.5 Å². The lowest BCUT2D eigenvalue weighted by Gasteiger charge is -2.06. The fraction of sp³-hybridized carbons (Fsp3) is 0.385. The molecule has 0 amide bonds. The summed E-state index contributed by atoms with van der Waals surface area (Å²) in [7, 11) is 0. The van der Waals surface area contributed by atoms with E-state index in [1.165, 1.54) is 12.8 Å². The summed E-state index contributed by atoms with van der Waals surface area (Å²) in [6, 6.07) is 5.51. The Morgan fingerprint density at radius 3 is 2.50 bits per heavy atom. The lowest BCUT2D eigenvalue weighted by molar-refractivity contribution is 0.744. The summed E-state index contributed by atoms with van der Waals surface area (Å²) in [5.74, 6) is 0. The maximum absolute atomic E-state index is 11.2. The molecule has 0 aliphatic rings. The largest absolute Gasteiger partial charge is 0.385 e. The monoisotopic (exact) mass is 247 g/mol. The van der Waals surface area contributed by atoms with Crippen molar-refractivity contribution in [2.24, 2.45) is 0 Å². The minimum absolute atomic E-state index is 0.619. The first-order valence-corrected chi connectivity index (χ1v) is 6.21. The second kappa shape index (κ2) is 5.53. The Morgan fingerprint density at radius 2 is 1.78 bits per heavy atom. The third kappa shape index (κ3) is 2.80. The molecule has 96 valence electrons. The van der Waals surface area contributed by atoms with Crippen LogP contribution in [0.3, 0.4) is 0 Å². The molecule has 1 aromatic carbocycles. The third-order valence-electron chi connectivity index (χ3n) is 2.83. The van der Waals surface area contributed by atoms with Crippen LogP contribution in [0, 0.1) is 0 Å². The Kier molecular flexibility index (Phi) is 3.82. The van der Waals surface area contributed by atoms with Gasteiger partial charge in [0, 0.05) is 12.2 Å². The normalized spacial score (nSPS) is 10.7. The minimum atomic E-state index is -0.620. The molecule has 0 fully saturated rings. The van der Waals surface area contributed by atoms with E-state index >= 15 is 0 Å². The van der Waals surface area contributed by atoms with Crippen molar-refractivity contribution in [3.05, 3.63) is 38.9 Å². The number of rotatable bonds is 5. The minimum Gasteiger partial charge on any atom is -0.385 e. The first-order valence-electron chi connectivity index (χ1n) is 6.21. The molecule has 18 heavy (non-hydrogen) atoms. The summed E-state index contributed by atoms with van der Waals surface area (Å²) in [6.07, 6.45) is 3.51. The number of aromatic nitrogens is 2. The molecule has 5 nitrogen and oxygen atoms in total. The van der Waals surface area contributed by atoms with Crippen LogP contribution in [-0.2, 0) is 0 Å². The van der Waals surface area contributed by atoms with E-state index in [0.717, 1.165) is 18.7 Å². The molecule has 0 saturated heterocycles. The highest BCUT2D eigenvalue weighted by molar-refractivity contribution is 5.78. The fourth-order valence-corrected chi connectivity index (χ4v) is 1.83. The van der Waals surface area contributed by atoms with E-state index in [1.54, 1.807) is 6.07 Å². The molecule has 0 radical (unpaired) electrons. The molecule has 0 spiro atoms. The zero-order valence-electron chi connectivity index (χ0n) is 10.4. The molecule has 5 heteroatoms. The van der Waals surface area contributed by atoms with Crippen molar-refractivity contribution in [1.29, 1.82) is 0 Å². The molecule has 0 bridgehead atoms. The number of hydrogen-bond acceptors (Lipinski definition) is 3. The lowest BCUT2D eigenvalue weighted by Crippen LogP contribution is -2.28. The van der Waals surface area contributed by atoms with Gasteiger partial charge in [-0.3, -0.25) is 9.59 Å². The summed E-state index contributed by atoms with van der Waals surface area (Å²) in [6.45, 7) is 3.07. The van der Waals surface area contributed by atoms with E-state index in [-0.39, 0.29) is 0 Å². The van der Waals surface area contributed by atoms with Crippen LogP contribution in [0.4, 0.5) is 5.69 Å². The summed E-state index contributed by atoms with van der Waals surface area (Å²) >= 11 is 0. The summed E-state index contributed by atoms with van der Waals surface area (Å²) in [5, 5.41) is 3.29. The van der Waals surface area contributed by atoms with Gasteiger partial charge in [-0.2, -0.15) is 0 Å². The Bertz CT molecular complexity index is 642. The number of anilines is 1. The van der Waals surface area contributed by atoms with E-state index in [0.29, 0.717) is 11.0 Å². The van der Waals surface area contributed by atoms with Crippen molar-refractivity contribution in [3.63, 3.8) is 0 Å². The highest BCUT2D eigenvalue weighted by Crippen LogP contribution is 2.13. The molecular weight excluding hydrogens is 230 g/mol. The van der Waals surface area contributed by atoms with Gasteiger partial charge in [0.15, 0.2) is 0 Å². The van der Waals surface area contributed by atoms with Crippen LogP contribution >= 0.6 is 0 Å². The number of fused-ring (bicyclic) bond motifs is 1. The van der Waals surface area contributed by atoms with Crippen molar-refractivity contribution < 1.29 is 0 Å². The van der Waals surface area contributed by atoms with Gasteiger partial charge in [0.05, 0.1) is 11.0 Å². The summed E-state index contributed by atoms with van der Waals surface area (Å²) < 4.78 is 0. The maximum Gasteiger partial charge on any atom is 0.314 e. The van der Waals surface area contributed by atoms with Gasteiger partial charge in [-0.1, -0.05) is 19.8 Å². The predicted octanol–water partition coefficient (Wildman–Crippen LogP) is 1.82. The Hall–Kier alpha value is -2.04. The standard InChI is InChI=1S/C13H17N3O2/c1-2-3-4-7-14-9-5-6-10-11(8-9)16-13(18)12(17)15-10/h5-6,8,14H,2-4,7H2,1H3,(H,15,17)(H,16,18). The third-order valence-corrected chi connectivity index (χ3v) is 2.83. The fourth-order valence-electron chi connectivity index (χ4n) is 1.83. The van der Waals surface area contributed by atoms with Gasteiger partial charge >= 0.3 is 11.1 Å². The number of unbranched alkanes of at least 4 members (excludes halogenated alkanes) is 2. The van der Waals surface area contributed by atoms with Crippen LogP contribution in [0.1, 0.15) is 26.2 Å². The van der Waals surface area contributed by atoms with E-state index in [2.05, 4.69) is 22.2 Å². The smallest absolute Gasteiger partial charge is 0.314 e. The molecule has 0 aliphatic carbocycles. The Balaban J connectivity index is 2.19. The molecule has 1 heterocycles. The van der Waals surface area contributed by atoms with Gasteiger partial charge < -0.3 is 15.3 Å². The van der Waals surface area contributed by atoms with E-state index in [1.807, 2.05) is 12.1 Å². The van der Waals surface area contributed by atoms with Crippen molar-refractivity contribution >= 4 is 16.7 Å². The average molecular weight is 247 g/mol. The number of H-pyrrole nitrogens is 2. The van der Waals surface area contributed by atoms with Gasteiger partial charge in [0.2, 0.25) is 0 Å². The van der Waals surface area contributed by atoms with Crippen molar-refractivity contribution in [1.82, 2.24) is 9.97 Å². The van der Waals surface area contributed by atoms with Gasteiger partial charge in [-0.25, -0.2) is 0 Å². The predicted molar refractivity (Wildman–Crippen MR) is 73.2 cm³/mol. The van der Waals surface area contributed by atoms with E-state index < -0.39 is 11.1 Å². The molecule has 2 aromatic rings. The van der Waals surface area contributed by atoms with Crippen molar-refractivity contribution in [2.75, 3.05) is 11.9 Å². The zero-order chi connectivity index (χ0) is 13.0. The van der Waals surface area contributed by atoms with Crippen LogP contribution < -0.4 is 16.4 Å². The molecule has 0 atom stereocenters. The molecule has 2 rings (SSSR count). The van der Waals surface area contributed by atoms with Gasteiger partial charge in [0.25, 0.3) is 0 Å². The first-order chi connectivity index (χ1) is 8.70. The van der Waals surface area contributed by atoms with Crippen LogP contribution in [0.5, 0.6) is 0 Å². The van der Waals surface area contributed by atoms with E-state index in [4.69, 9.17) is 0 Å². The molecular formula is C13H17N3O2. The summed E-state index contributed by atoms with van der Waals surface area (Å²) in [4.78, 5) is 27.5. The maximum atomic E-state index is 11.2. The second-order valence-electron chi connectivity index (χ2n) is 4.30. The lowest BCUT2D eigenvalue weighted by atomic mass is 10.2. The molecule has 0 unspecified atom stereocenters. The first kappa shape index (κ1) is 12.4. The van der Waals surface area contributed by atoms with Gasteiger partial charge in [-0.05, 0) is 24.6 Å². The zero-order valence-corrected chi connectivity index (χ0v) is 10.4. The highest BCUT2D eigenvalue weighted by atomic mass is 16.2. The molecule has 0 saturated carbocycles. The van der Waals surface area contributed by atoms with Crippen molar-refractivity contribution in [2.45, 2.75) is 26.2 Å². The summed E-state index contributed by atoms with van der Waals surface area (Å²) in [5.41, 5.74) is 0.983. The average Bonchev–Trinajstić information content (AvgIpc) is 2.36. The Labute approximate surface area is 104 Å². The molecule has 1 aromatic heterocycles. The van der Waals surface area contributed by atoms with Gasteiger partial charge in [-0.15, -0.1) is 0 Å². The number of hydrogen-bond donors (Lipinski definition) is 3.